The van der Waals surface area contributed by atoms with Crippen LogP contribution in [0.4, 0.5) is 0 Å². The van der Waals surface area contributed by atoms with E-state index in [2.05, 4.69) is 12.1 Å². The van der Waals surface area contributed by atoms with E-state index in [9.17, 15) is 4.79 Å². The van der Waals surface area contributed by atoms with Crippen LogP contribution in [-0.4, -0.2) is 12.9 Å². The highest BCUT2D eigenvalue weighted by Crippen LogP contribution is 2.34. The van der Waals surface area contributed by atoms with Crippen LogP contribution in [0.3, 0.4) is 0 Å². The third-order valence-corrected chi connectivity index (χ3v) is 4.10. The minimum Gasteiger partial charge on any atom is -0.496 e. The number of aryl methyl sites for hydroxylation is 1. The van der Waals surface area contributed by atoms with E-state index in [0.29, 0.717) is 6.42 Å². The van der Waals surface area contributed by atoms with Gasteiger partial charge in [-0.3, -0.25) is 4.79 Å². The molecule has 3 rings (SSSR count). The summed E-state index contributed by atoms with van der Waals surface area (Å²) in [7, 11) is 1.67. The lowest BCUT2D eigenvalue weighted by Crippen LogP contribution is -1.99. The molecule has 0 aliphatic heterocycles. The van der Waals surface area contributed by atoms with Crippen LogP contribution < -0.4 is 4.74 Å². The molecule has 2 nitrogen and oxygen atoms in total. The normalized spacial score (nSPS) is 11.0. The van der Waals surface area contributed by atoms with E-state index in [1.165, 1.54) is 0 Å². The number of hydrogen-bond acceptors (Lipinski definition) is 2. The van der Waals surface area contributed by atoms with Gasteiger partial charge in [-0.05, 0) is 46.2 Å². The quantitative estimate of drug-likeness (QED) is 0.503. The van der Waals surface area contributed by atoms with Crippen LogP contribution in [0.25, 0.3) is 21.5 Å². The standard InChI is InChI=1S/C19H18O2/c1-4-18(20)17-11-16-12(2)19(21-3)10-9-15(16)13-7-5-6-8-14(13)17/h5-11H,4H2,1-3H3. The van der Waals surface area contributed by atoms with E-state index in [1.807, 2.05) is 44.2 Å². The molecule has 0 heterocycles. The van der Waals surface area contributed by atoms with Gasteiger partial charge in [0.2, 0.25) is 0 Å². The Morgan fingerprint density at radius 2 is 1.67 bits per heavy atom. The molecule has 0 saturated carbocycles. The van der Waals surface area contributed by atoms with E-state index < -0.39 is 0 Å². The van der Waals surface area contributed by atoms with Gasteiger partial charge in [0.05, 0.1) is 7.11 Å². The van der Waals surface area contributed by atoms with Crippen LogP contribution >= 0.6 is 0 Å². The maximum atomic E-state index is 12.3. The number of ketones is 1. The number of rotatable bonds is 3. The van der Waals surface area contributed by atoms with Gasteiger partial charge < -0.3 is 4.74 Å². The summed E-state index contributed by atoms with van der Waals surface area (Å²) in [5, 5.41) is 4.40. The first-order valence-electron chi connectivity index (χ1n) is 7.19. The second kappa shape index (κ2) is 5.21. The fourth-order valence-corrected chi connectivity index (χ4v) is 2.95. The van der Waals surface area contributed by atoms with Crippen molar-refractivity contribution in [2.45, 2.75) is 20.3 Å². The maximum absolute atomic E-state index is 12.3. The number of carbonyl (C=O) groups is 1. The average molecular weight is 278 g/mol. The molecular weight excluding hydrogens is 260 g/mol. The zero-order valence-electron chi connectivity index (χ0n) is 12.6. The van der Waals surface area contributed by atoms with Gasteiger partial charge in [-0.2, -0.15) is 0 Å². The molecule has 0 unspecified atom stereocenters. The van der Waals surface area contributed by atoms with E-state index in [0.717, 1.165) is 38.4 Å². The molecule has 0 fully saturated rings. The summed E-state index contributed by atoms with van der Waals surface area (Å²) in [5.41, 5.74) is 1.88. The molecule has 0 amide bonds. The number of hydrogen-bond donors (Lipinski definition) is 0. The Balaban J connectivity index is 2.50. The minimum absolute atomic E-state index is 0.176. The molecule has 0 aliphatic carbocycles. The van der Waals surface area contributed by atoms with Crippen molar-refractivity contribution in [3.05, 3.63) is 53.6 Å². The van der Waals surface area contributed by atoms with E-state index in [-0.39, 0.29) is 5.78 Å². The Morgan fingerprint density at radius 3 is 2.33 bits per heavy atom. The van der Waals surface area contributed by atoms with Crippen LogP contribution in [0, 0.1) is 6.92 Å². The molecule has 0 N–H and O–H groups in total. The molecule has 0 radical (unpaired) electrons. The zero-order valence-corrected chi connectivity index (χ0v) is 12.6. The van der Waals surface area contributed by atoms with Gasteiger partial charge in [-0.25, -0.2) is 0 Å². The van der Waals surface area contributed by atoms with Crippen molar-refractivity contribution in [2.75, 3.05) is 7.11 Å². The number of fused-ring (bicyclic) bond motifs is 3. The molecule has 2 heteroatoms. The Hall–Kier alpha value is -2.35. The van der Waals surface area contributed by atoms with Gasteiger partial charge in [0.25, 0.3) is 0 Å². The molecule has 3 aromatic rings. The minimum atomic E-state index is 0.176. The Labute approximate surface area is 124 Å². The topological polar surface area (TPSA) is 26.3 Å². The highest BCUT2D eigenvalue weighted by molar-refractivity contribution is 6.18. The molecule has 0 spiro atoms. The molecule has 0 atom stereocenters. The molecule has 0 aromatic heterocycles. The second-order valence-electron chi connectivity index (χ2n) is 5.23. The molecule has 0 bridgehead atoms. The van der Waals surface area contributed by atoms with E-state index >= 15 is 0 Å². The third kappa shape index (κ3) is 2.07. The second-order valence-corrected chi connectivity index (χ2v) is 5.23. The van der Waals surface area contributed by atoms with Gasteiger partial charge in [-0.15, -0.1) is 0 Å². The Morgan fingerprint density at radius 1 is 1.00 bits per heavy atom. The molecule has 21 heavy (non-hydrogen) atoms. The lowest BCUT2D eigenvalue weighted by molar-refractivity contribution is 0.0990. The van der Waals surface area contributed by atoms with Crippen LogP contribution in [0.1, 0.15) is 29.3 Å². The largest absolute Gasteiger partial charge is 0.496 e. The predicted octanol–water partition coefficient (Wildman–Crippen LogP) is 4.90. The van der Waals surface area contributed by atoms with Crippen molar-refractivity contribution in [1.82, 2.24) is 0 Å². The summed E-state index contributed by atoms with van der Waals surface area (Å²) < 4.78 is 5.41. The van der Waals surface area contributed by atoms with Crippen molar-refractivity contribution in [2.24, 2.45) is 0 Å². The number of ether oxygens (including phenoxy) is 1. The van der Waals surface area contributed by atoms with Gasteiger partial charge in [-0.1, -0.05) is 37.3 Å². The first kappa shape index (κ1) is 13.6. The monoisotopic (exact) mass is 278 g/mol. The molecular formula is C19H18O2. The molecule has 3 aromatic carbocycles. The van der Waals surface area contributed by atoms with Crippen LogP contribution in [0.15, 0.2) is 42.5 Å². The number of benzene rings is 3. The Kier molecular flexibility index (Phi) is 3.38. The van der Waals surface area contributed by atoms with Crippen molar-refractivity contribution in [3.8, 4) is 5.75 Å². The fraction of sp³-hybridized carbons (Fsp3) is 0.211. The molecule has 0 aliphatic rings. The van der Waals surface area contributed by atoms with Gasteiger partial charge in [0, 0.05) is 12.0 Å². The molecule has 106 valence electrons. The number of Topliss-reactive ketones (excluding diaryl/α,β-unsaturated/α-hetero) is 1. The van der Waals surface area contributed by atoms with Crippen molar-refractivity contribution in [3.63, 3.8) is 0 Å². The highest BCUT2D eigenvalue weighted by atomic mass is 16.5. The fourth-order valence-electron chi connectivity index (χ4n) is 2.95. The lowest BCUT2D eigenvalue weighted by Gasteiger charge is -2.13. The third-order valence-electron chi connectivity index (χ3n) is 4.10. The number of carbonyl (C=O) groups excluding carboxylic acids is 1. The van der Waals surface area contributed by atoms with E-state index in [1.54, 1.807) is 7.11 Å². The van der Waals surface area contributed by atoms with Crippen LogP contribution in [0.5, 0.6) is 5.75 Å². The van der Waals surface area contributed by atoms with E-state index in [4.69, 9.17) is 4.74 Å². The van der Waals surface area contributed by atoms with Gasteiger partial charge in [0.15, 0.2) is 5.78 Å². The van der Waals surface area contributed by atoms with Crippen LogP contribution in [-0.2, 0) is 0 Å². The summed E-state index contributed by atoms with van der Waals surface area (Å²) in [6.45, 7) is 3.94. The Bertz CT molecular complexity index is 847. The summed E-state index contributed by atoms with van der Waals surface area (Å²) in [6, 6.07) is 14.2. The maximum Gasteiger partial charge on any atom is 0.163 e. The highest BCUT2D eigenvalue weighted by Gasteiger charge is 2.14. The predicted molar refractivity (Wildman–Crippen MR) is 87.4 cm³/mol. The van der Waals surface area contributed by atoms with Gasteiger partial charge >= 0.3 is 0 Å². The number of methoxy groups -OCH3 is 1. The summed E-state index contributed by atoms with van der Waals surface area (Å²) in [4.78, 5) is 12.3. The van der Waals surface area contributed by atoms with Crippen molar-refractivity contribution < 1.29 is 9.53 Å². The van der Waals surface area contributed by atoms with Crippen LogP contribution in [0.2, 0.25) is 0 Å². The summed E-state index contributed by atoms with van der Waals surface area (Å²) >= 11 is 0. The van der Waals surface area contributed by atoms with Crippen molar-refractivity contribution >= 4 is 27.3 Å². The van der Waals surface area contributed by atoms with Gasteiger partial charge in [0.1, 0.15) is 5.75 Å². The first-order chi connectivity index (χ1) is 10.2. The lowest BCUT2D eigenvalue weighted by atomic mass is 9.92. The molecule has 0 saturated heterocycles. The first-order valence-corrected chi connectivity index (χ1v) is 7.19. The SMILES string of the molecule is CCC(=O)c1cc2c(C)c(OC)ccc2c2ccccc12. The van der Waals surface area contributed by atoms with Crippen molar-refractivity contribution in [1.29, 1.82) is 0 Å². The zero-order chi connectivity index (χ0) is 15.0. The smallest absolute Gasteiger partial charge is 0.163 e. The average Bonchev–Trinajstić information content (AvgIpc) is 2.54. The summed E-state index contributed by atoms with van der Waals surface area (Å²) in [6.07, 6.45) is 0.512. The summed E-state index contributed by atoms with van der Waals surface area (Å²) in [5.74, 6) is 1.03.